The average Bonchev–Trinajstić information content (AvgIpc) is 2.12. The minimum atomic E-state index is 0.872. The average molecular weight is 240 g/mol. The van der Waals surface area contributed by atoms with E-state index in [1.54, 1.807) is 0 Å². The fourth-order valence-corrected chi connectivity index (χ4v) is 2.50. The molecule has 0 aromatic heterocycles. The van der Waals surface area contributed by atoms with Crippen molar-refractivity contribution in [1.82, 2.24) is 0 Å². The molecule has 0 saturated heterocycles. The summed E-state index contributed by atoms with van der Waals surface area (Å²) in [7, 11) is 0. The minimum Gasteiger partial charge on any atom is -0.0992 e. The number of hydrogen-bond donors (Lipinski definition) is 0. The Balaban J connectivity index is 2.78. The Hall–Kier alpha value is -1.56. The predicted octanol–water partition coefficient (Wildman–Crippen LogP) is 5.68. The fourth-order valence-electron chi connectivity index (χ4n) is 2.50. The monoisotopic (exact) mass is 240 g/mol. The Morgan fingerprint density at radius 1 is 0.333 bits per heavy atom. The molecule has 18 heavy (non-hydrogen) atoms. The van der Waals surface area contributed by atoms with Crippen molar-refractivity contribution >= 4 is 0 Å². The van der Waals surface area contributed by atoms with E-state index in [1.807, 2.05) is 0 Å². The predicted molar refractivity (Wildman–Crippen MR) is 82.5 cm³/mol. The molecule has 1 aliphatic rings. The fraction of sp³-hybridized carbons (Fsp3) is 0.333. The van der Waals surface area contributed by atoms with Gasteiger partial charge in [-0.15, -0.1) is 0 Å². The molecule has 0 aromatic carbocycles. The second kappa shape index (κ2) is 6.39. The van der Waals surface area contributed by atoms with E-state index in [1.165, 1.54) is 33.4 Å². The first-order valence-corrected chi connectivity index (χ1v) is 6.36. The Kier molecular flexibility index (Phi) is 5.15. The van der Waals surface area contributed by atoms with Crippen LogP contribution in [0.3, 0.4) is 0 Å². The Morgan fingerprint density at radius 2 is 0.444 bits per heavy atom. The van der Waals surface area contributed by atoms with Gasteiger partial charge in [0.25, 0.3) is 0 Å². The van der Waals surface area contributed by atoms with Crippen LogP contribution in [-0.4, -0.2) is 0 Å². The number of allylic oxidation sites excluding steroid dienone is 6. The van der Waals surface area contributed by atoms with Gasteiger partial charge < -0.3 is 0 Å². The highest BCUT2D eigenvalue weighted by molar-refractivity contribution is 5.27. The summed E-state index contributed by atoms with van der Waals surface area (Å²) in [6, 6.07) is 0. The van der Waals surface area contributed by atoms with Crippen LogP contribution in [0.15, 0.2) is 72.9 Å². The van der Waals surface area contributed by atoms with E-state index in [4.69, 9.17) is 0 Å². The maximum atomic E-state index is 4.11. The highest BCUT2D eigenvalue weighted by Gasteiger charge is 2.09. The molecule has 0 atom stereocenters. The van der Waals surface area contributed by atoms with Crippen molar-refractivity contribution in [2.45, 2.75) is 38.5 Å². The summed E-state index contributed by atoms with van der Waals surface area (Å²) < 4.78 is 0. The lowest BCUT2D eigenvalue weighted by molar-refractivity contribution is 0.873. The molecule has 0 spiro atoms. The van der Waals surface area contributed by atoms with Crippen LogP contribution in [0.4, 0.5) is 0 Å². The summed E-state index contributed by atoms with van der Waals surface area (Å²) in [5.41, 5.74) is 7.11. The SMILES string of the molecule is C=C1CC(=C)CC(=C)CC(=C)CC(=C)CC(=C)C1. The second-order valence-electron chi connectivity index (χ2n) is 5.56. The smallest absolute Gasteiger partial charge is 0.0107 e. The molecular weight excluding hydrogens is 216 g/mol. The molecule has 1 aliphatic carbocycles. The van der Waals surface area contributed by atoms with Gasteiger partial charge >= 0.3 is 0 Å². The molecule has 0 N–H and O–H groups in total. The largest absolute Gasteiger partial charge is 0.0992 e. The molecule has 0 heterocycles. The zero-order valence-corrected chi connectivity index (χ0v) is 11.5. The van der Waals surface area contributed by atoms with Gasteiger partial charge in [-0.25, -0.2) is 0 Å². The molecule has 96 valence electrons. The first-order chi connectivity index (χ1) is 8.36. The minimum absolute atomic E-state index is 0.872. The van der Waals surface area contributed by atoms with Gasteiger partial charge in [-0.2, -0.15) is 0 Å². The van der Waals surface area contributed by atoms with Crippen LogP contribution in [0.5, 0.6) is 0 Å². The standard InChI is InChI=1S/C18H24/c1-13-7-14(2)9-16(4)11-18(6)12-17(5)10-15(3)8-13/h1-12H2. The Labute approximate surface area is 112 Å². The van der Waals surface area contributed by atoms with Crippen molar-refractivity contribution in [2.24, 2.45) is 0 Å². The summed E-state index contributed by atoms with van der Waals surface area (Å²) in [4.78, 5) is 0. The van der Waals surface area contributed by atoms with Crippen LogP contribution in [0.25, 0.3) is 0 Å². The van der Waals surface area contributed by atoms with Crippen LogP contribution in [0, 0.1) is 0 Å². The van der Waals surface area contributed by atoms with Crippen LogP contribution < -0.4 is 0 Å². The van der Waals surface area contributed by atoms with E-state index >= 15 is 0 Å². The zero-order valence-electron chi connectivity index (χ0n) is 11.5. The first kappa shape index (κ1) is 14.5. The normalized spacial score (nSPS) is 20.7. The third-order valence-corrected chi connectivity index (χ3v) is 3.00. The first-order valence-electron chi connectivity index (χ1n) is 6.36. The molecule has 0 aromatic rings. The van der Waals surface area contributed by atoms with Gasteiger partial charge in [0.05, 0.1) is 0 Å². The third-order valence-electron chi connectivity index (χ3n) is 3.00. The van der Waals surface area contributed by atoms with Crippen molar-refractivity contribution in [2.75, 3.05) is 0 Å². The topological polar surface area (TPSA) is 0 Å². The Bertz CT molecular complexity index is 296. The van der Waals surface area contributed by atoms with Crippen molar-refractivity contribution in [3.63, 3.8) is 0 Å². The zero-order chi connectivity index (χ0) is 13.7. The summed E-state index contributed by atoms with van der Waals surface area (Å²) >= 11 is 0. The third kappa shape index (κ3) is 5.18. The van der Waals surface area contributed by atoms with Gasteiger partial charge in [0, 0.05) is 0 Å². The highest BCUT2D eigenvalue weighted by Crippen LogP contribution is 2.28. The van der Waals surface area contributed by atoms with Crippen LogP contribution in [-0.2, 0) is 0 Å². The molecule has 0 amide bonds. The number of rotatable bonds is 0. The summed E-state index contributed by atoms with van der Waals surface area (Å²) in [6.07, 6.45) is 5.23. The molecule has 1 saturated carbocycles. The molecule has 0 heteroatoms. The quantitative estimate of drug-likeness (QED) is 0.478. The lowest BCUT2D eigenvalue weighted by atomic mass is 9.89. The number of hydrogen-bond acceptors (Lipinski definition) is 0. The van der Waals surface area contributed by atoms with Gasteiger partial charge in [0.2, 0.25) is 0 Å². The molecule has 1 fully saturated rings. The van der Waals surface area contributed by atoms with E-state index < -0.39 is 0 Å². The molecule has 0 nitrogen and oxygen atoms in total. The van der Waals surface area contributed by atoms with Gasteiger partial charge in [0.15, 0.2) is 0 Å². The molecule has 0 bridgehead atoms. The van der Waals surface area contributed by atoms with Crippen LogP contribution in [0.1, 0.15) is 38.5 Å². The summed E-state index contributed by atoms with van der Waals surface area (Å²) in [6.45, 7) is 24.7. The van der Waals surface area contributed by atoms with Gasteiger partial charge in [-0.3, -0.25) is 0 Å². The van der Waals surface area contributed by atoms with Gasteiger partial charge in [-0.05, 0) is 38.5 Å². The van der Waals surface area contributed by atoms with Crippen molar-refractivity contribution in [3.8, 4) is 0 Å². The maximum absolute atomic E-state index is 4.11. The van der Waals surface area contributed by atoms with E-state index in [-0.39, 0.29) is 0 Å². The highest BCUT2D eigenvalue weighted by atomic mass is 14.1. The molecule has 1 rings (SSSR count). The van der Waals surface area contributed by atoms with E-state index in [9.17, 15) is 0 Å². The van der Waals surface area contributed by atoms with Crippen molar-refractivity contribution < 1.29 is 0 Å². The van der Waals surface area contributed by atoms with Crippen molar-refractivity contribution in [1.29, 1.82) is 0 Å². The Morgan fingerprint density at radius 3 is 0.556 bits per heavy atom. The van der Waals surface area contributed by atoms with Gasteiger partial charge in [0.1, 0.15) is 0 Å². The van der Waals surface area contributed by atoms with Gasteiger partial charge in [-0.1, -0.05) is 72.9 Å². The lowest BCUT2D eigenvalue weighted by Gasteiger charge is -2.17. The molecule has 0 radical (unpaired) electrons. The van der Waals surface area contributed by atoms with Crippen LogP contribution in [0.2, 0.25) is 0 Å². The van der Waals surface area contributed by atoms with E-state index in [0.717, 1.165) is 38.5 Å². The van der Waals surface area contributed by atoms with Crippen molar-refractivity contribution in [3.05, 3.63) is 72.9 Å². The lowest BCUT2D eigenvalue weighted by Crippen LogP contribution is -1.97. The maximum Gasteiger partial charge on any atom is -0.0107 e. The molecule has 0 unspecified atom stereocenters. The van der Waals surface area contributed by atoms with Crippen LogP contribution >= 0.6 is 0 Å². The van der Waals surface area contributed by atoms with E-state index in [2.05, 4.69) is 39.5 Å². The van der Waals surface area contributed by atoms with E-state index in [0.29, 0.717) is 0 Å². The summed E-state index contributed by atoms with van der Waals surface area (Å²) in [5.74, 6) is 0. The molecule has 0 aliphatic heterocycles. The second-order valence-corrected chi connectivity index (χ2v) is 5.56. The molecular formula is C18H24. The summed E-state index contributed by atoms with van der Waals surface area (Å²) in [5, 5.41) is 0.